The molecule has 2 rings (SSSR count). The summed E-state index contributed by atoms with van der Waals surface area (Å²) in [5.41, 5.74) is 5.88. The van der Waals surface area contributed by atoms with E-state index in [0.29, 0.717) is 6.04 Å². The highest BCUT2D eigenvalue weighted by Gasteiger charge is 2.38. The second kappa shape index (κ2) is 11.3. The van der Waals surface area contributed by atoms with Crippen LogP contribution in [0.15, 0.2) is 0 Å². The molecule has 1 aliphatic heterocycles. The van der Waals surface area contributed by atoms with Gasteiger partial charge in [-0.15, -0.1) is 0 Å². The molecule has 0 unspecified atom stereocenters. The first-order valence-corrected chi connectivity index (χ1v) is 7.92. The molecule has 1 heterocycles. The third-order valence-electron chi connectivity index (χ3n) is 3.79. The Labute approximate surface area is 151 Å². The molecule has 4 N–H and O–H groups in total. The molecule has 0 aromatic heterocycles. The third kappa shape index (κ3) is 11.7. The van der Waals surface area contributed by atoms with Crippen molar-refractivity contribution in [3.63, 3.8) is 0 Å². The van der Waals surface area contributed by atoms with E-state index in [1.165, 1.54) is 25.7 Å². The molecule has 1 saturated carbocycles. The van der Waals surface area contributed by atoms with Gasteiger partial charge in [0.15, 0.2) is 0 Å². The van der Waals surface area contributed by atoms with Crippen molar-refractivity contribution in [1.82, 2.24) is 4.90 Å². The Morgan fingerprint density at radius 3 is 1.48 bits per heavy atom. The van der Waals surface area contributed by atoms with Crippen LogP contribution in [0, 0.1) is 0 Å². The summed E-state index contributed by atoms with van der Waals surface area (Å²) in [6.45, 7) is 4.09. The predicted octanol–water partition coefficient (Wildman–Crippen LogP) is 1.86. The van der Waals surface area contributed by atoms with Crippen LogP contribution in [-0.4, -0.2) is 77.8 Å². The predicted molar refractivity (Wildman–Crippen MR) is 80.0 cm³/mol. The van der Waals surface area contributed by atoms with Gasteiger partial charge in [-0.05, 0) is 25.7 Å². The smallest absolute Gasteiger partial charge is 0.475 e. The Kier molecular flexibility index (Phi) is 10.6. The van der Waals surface area contributed by atoms with Gasteiger partial charge in [-0.25, -0.2) is 9.59 Å². The minimum Gasteiger partial charge on any atom is -0.475 e. The van der Waals surface area contributed by atoms with Crippen molar-refractivity contribution in [3.8, 4) is 0 Å². The number of ether oxygens (including phenoxy) is 1. The maximum absolute atomic E-state index is 10.6. The van der Waals surface area contributed by atoms with E-state index >= 15 is 0 Å². The van der Waals surface area contributed by atoms with Crippen molar-refractivity contribution in [2.45, 2.75) is 50.1 Å². The summed E-state index contributed by atoms with van der Waals surface area (Å²) in [4.78, 5) is 20.4. The number of hydrogen-bond donors (Lipinski definition) is 3. The lowest BCUT2D eigenvalue weighted by Crippen LogP contribution is -2.46. The maximum atomic E-state index is 10.6. The molecule has 2 aliphatic rings. The van der Waals surface area contributed by atoms with E-state index in [4.69, 9.17) is 30.3 Å². The summed E-state index contributed by atoms with van der Waals surface area (Å²) in [7, 11) is 0. The quantitative estimate of drug-likeness (QED) is 0.564. The van der Waals surface area contributed by atoms with Crippen molar-refractivity contribution >= 4 is 11.9 Å². The highest BCUT2D eigenvalue weighted by atomic mass is 19.4. The molecule has 1 aliphatic carbocycles. The fourth-order valence-electron chi connectivity index (χ4n) is 2.41. The van der Waals surface area contributed by atoms with Crippen LogP contribution >= 0.6 is 0 Å². The Morgan fingerprint density at radius 2 is 1.19 bits per heavy atom. The fourth-order valence-corrected chi connectivity index (χ4v) is 2.41. The first-order chi connectivity index (χ1) is 12.2. The molecule has 0 amide bonds. The number of rotatable bonds is 1. The standard InChI is InChI=1S/C10H20N2O.2C2HF3O2/c11-9-1-3-10(4-2-9)12-5-7-13-8-6-12;2*3-2(4,5)1(6)7/h9-10H,1-8,11H2;2*(H,6,7)/t9-,10+;;. The maximum Gasteiger partial charge on any atom is 0.490 e. The van der Waals surface area contributed by atoms with Crippen molar-refractivity contribution in [3.05, 3.63) is 0 Å². The molecule has 7 nitrogen and oxygen atoms in total. The van der Waals surface area contributed by atoms with Gasteiger partial charge in [0.2, 0.25) is 0 Å². The number of aliphatic carboxylic acids is 2. The van der Waals surface area contributed by atoms with Crippen molar-refractivity contribution < 1.29 is 50.9 Å². The highest BCUT2D eigenvalue weighted by Crippen LogP contribution is 2.22. The van der Waals surface area contributed by atoms with E-state index in [0.717, 1.165) is 32.3 Å². The van der Waals surface area contributed by atoms with Gasteiger partial charge in [0.05, 0.1) is 13.2 Å². The number of nitrogens with zero attached hydrogens (tertiary/aromatic N) is 1. The summed E-state index contributed by atoms with van der Waals surface area (Å²) in [6.07, 6.45) is -5.16. The minimum absolute atomic E-state index is 0.470. The molecule has 0 radical (unpaired) electrons. The average molecular weight is 412 g/mol. The molecule has 13 heteroatoms. The zero-order valence-electron chi connectivity index (χ0n) is 14.2. The lowest BCUT2D eigenvalue weighted by molar-refractivity contribution is -0.193. The topological polar surface area (TPSA) is 113 Å². The zero-order chi connectivity index (χ0) is 21.3. The molecule has 0 aromatic carbocycles. The van der Waals surface area contributed by atoms with Gasteiger partial charge in [0.1, 0.15) is 0 Å². The number of alkyl halides is 6. The summed E-state index contributed by atoms with van der Waals surface area (Å²) < 4.78 is 68.8. The zero-order valence-corrected chi connectivity index (χ0v) is 14.2. The van der Waals surface area contributed by atoms with E-state index in [1.807, 2.05) is 0 Å². The van der Waals surface area contributed by atoms with Gasteiger partial charge < -0.3 is 20.7 Å². The molecular weight excluding hydrogens is 390 g/mol. The first-order valence-electron chi connectivity index (χ1n) is 7.92. The number of carboxylic acid groups (broad SMARTS) is 2. The van der Waals surface area contributed by atoms with Gasteiger partial charge in [0, 0.05) is 25.2 Å². The van der Waals surface area contributed by atoms with Gasteiger partial charge in [-0.3, -0.25) is 4.90 Å². The van der Waals surface area contributed by atoms with Crippen LogP contribution in [0.5, 0.6) is 0 Å². The van der Waals surface area contributed by atoms with Gasteiger partial charge >= 0.3 is 24.3 Å². The number of hydrogen-bond acceptors (Lipinski definition) is 5. The van der Waals surface area contributed by atoms with Crippen LogP contribution in [0.25, 0.3) is 0 Å². The lowest BCUT2D eigenvalue weighted by atomic mass is 9.90. The van der Waals surface area contributed by atoms with Crippen LogP contribution in [0.2, 0.25) is 0 Å². The Morgan fingerprint density at radius 1 is 0.852 bits per heavy atom. The second-order valence-corrected chi connectivity index (χ2v) is 5.82. The largest absolute Gasteiger partial charge is 0.490 e. The van der Waals surface area contributed by atoms with Crippen LogP contribution in [0.3, 0.4) is 0 Å². The number of halogens is 6. The molecule has 27 heavy (non-hydrogen) atoms. The summed E-state index contributed by atoms with van der Waals surface area (Å²) in [5.74, 6) is -5.51. The monoisotopic (exact) mass is 412 g/mol. The molecule has 160 valence electrons. The van der Waals surface area contributed by atoms with Gasteiger partial charge in [-0.1, -0.05) is 0 Å². The van der Waals surface area contributed by atoms with Crippen molar-refractivity contribution in [1.29, 1.82) is 0 Å². The number of carbonyl (C=O) groups is 2. The molecular formula is C14H22F6N2O5. The summed E-state index contributed by atoms with van der Waals surface area (Å²) in [5, 5.41) is 14.2. The second-order valence-electron chi connectivity index (χ2n) is 5.82. The van der Waals surface area contributed by atoms with Crippen LogP contribution in [0.4, 0.5) is 26.3 Å². The van der Waals surface area contributed by atoms with Crippen LogP contribution in [0.1, 0.15) is 25.7 Å². The molecule has 1 saturated heterocycles. The number of nitrogens with two attached hydrogens (primary N) is 1. The minimum atomic E-state index is -5.08. The van der Waals surface area contributed by atoms with E-state index in [2.05, 4.69) is 4.90 Å². The van der Waals surface area contributed by atoms with Gasteiger partial charge in [-0.2, -0.15) is 26.3 Å². The van der Waals surface area contributed by atoms with E-state index in [1.54, 1.807) is 0 Å². The average Bonchev–Trinajstić information content (AvgIpc) is 2.56. The highest BCUT2D eigenvalue weighted by molar-refractivity contribution is 5.73. The molecule has 0 aromatic rings. The van der Waals surface area contributed by atoms with Crippen LogP contribution in [-0.2, 0) is 14.3 Å². The molecule has 0 spiro atoms. The van der Waals surface area contributed by atoms with E-state index in [9.17, 15) is 26.3 Å². The van der Waals surface area contributed by atoms with E-state index in [-0.39, 0.29) is 0 Å². The van der Waals surface area contributed by atoms with Crippen LogP contribution < -0.4 is 5.73 Å². The SMILES string of the molecule is N[C@H]1CC[C@@H](N2CCOCC2)CC1.O=C(O)C(F)(F)F.O=C(O)C(F)(F)F. The van der Waals surface area contributed by atoms with Crippen molar-refractivity contribution in [2.75, 3.05) is 26.3 Å². The third-order valence-corrected chi connectivity index (χ3v) is 3.79. The molecule has 0 atom stereocenters. The normalized spacial score (nSPS) is 24.0. The lowest BCUT2D eigenvalue weighted by Gasteiger charge is -2.38. The number of morpholine rings is 1. The van der Waals surface area contributed by atoms with Crippen molar-refractivity contribution in [2.24, 2.45) is 5.73 Å². The molecule has 2 fully saturated rings. The number of carboxylic acids is 2. The van der Waals surface area contributed by atoms with E-state index < -0.39 is 24.3 Å². The first kappa shape index (κ1) is 25.4. The summed E-state index contributed by atoms with van der Waals surface area (Å²) >= 11 is 0. The Hall–Kier alpha value is -1.60. The Balaban J connectivity index is 0.000000416. The fraction of sp³-hybridized carbons (Fsp3) is 0.857. The Bertz CT molecular complexity index is 434. The summed E-state index contributed by atoms with van der Waals surface area (Å²) in [6, 6.07) is 1.26. The van der Waals surface area contributed by atoms with Gasteiger partial charge in [0.25, 0.3) is 0 Å². The molecule has 0 bridgehead atoms.